The Morgan fingerprint density at radius 2 is 2.05 bits per heavy atom. The molecule has 0 aromatic heterocycles. The summed E-state index contributed by atoms with van der Waals surface area (Å²) in [7, 11) is -3.69. The number of carboxylic acid groups (broad SMARTS) is 1. The lowest BCUT2D eigenvalue weighted by Crippen LogP contribution is -2.54. The Bertz CT molecular complexity index is 424. The Balaban J connectivity index is 2.95. The fraction of sp³-hybridized carbons (Fsp3) is 0.923. The van der Waals surface area contributed by atoms with E-state index in [1.807, 2.05) is 13.8 Å². The quantitative estimate of drug-likeness (QED) is 0.774. The summed E-state index contributed by atoms with van der Waals surface area (Å²) >= 11 is 0. The van der Waals surface area contributed by atoms with Gasteiger partial charge in [-0.2, -0.15) is 17.0 Å². The Hall–Kier alpha value is -0.660. The second-order valence-electron chi connectivity index (χ2n) is 5.43. The van der Waals surface area contributed by atoms with Crippen molar-refractivity contribution in [3.63, 3.8) is 0 Å². The van der Waals surface area contributed by atoms with Crippen LogP contribution in [0.1, 0.15) is 46.5 Å². The molecule has 0 aromatic rings. The highest BCUT2D eigenvalue weighted by atomic mass is 32.2. The van der Waals surface area contributed by atoms with Gasteiger partial charge in [-0.15, -0.1) is 0 Å². The van der Waals surface area contributed by atoms with Crippen LogP contribution in [0.2, 0.25) is 0 Å². The number of aliphatic carboxylic acids is 1. The fourth-order valence-corrected chi connectivity index (χ4v) is 4.38. The highest BCUT2D eigenvalue weighted by Crippen LogP contribution is 2.23. The molecule has 1 aliphatic rings. The van der Waals surface area contributed by atoms with Gasteiger partial charge in [0.15, 0.2) is 0 Å². The Morgan fingerprint density at radius 1 is 1.40 bits per heavy atom. The molecule has 2 unspecified atom stereocenters. The minimum absolute atomic E-state index is 0.262. The van der Waals surface area contributed by atoms with Crippen molar-refractivity contribution >= 4 is 16.2 Å². The summed E-state index contributed by atoms with van der Waals surface area (Å²) in [5.74, 6) is -0.786. The molecule has 1 fully saturated rings. The zero-order valence-corrected chi connectivity index (χ0v) is 13.4. The smallest absolute Gasteiger partial charge is 0.322 e. The summed E-state index contributed by atoms with van der Waals surface area (Å²) in [6, 6.07) is -0.917. The number of carbonyl (C=O) groups is 1. The molecule has 1 saturated heterocycles. The predicted octanol–water partition coefficient (Wildman–Crippen LogP) is 1.54. The van der Waals surface area contributed by atoms with Gasteiger partial charge in [0.1, 0.15) is 6.04 Å². The normalized spacial score (nSPS) is 22.9. The van der Waals surface area contributed by atoms with Crippen molar-refractivity contribution in [1.82, 2.24) is 8.61 Å². The second-order valence-corrected chi connectivity index (χ2v) is 7.31. The first kappa shape index (κ1) is 17.4. The third-order valence-electron chi connectivity index (χ3n) is 3.93. The first-order valence-corrected chi connectivity index (χ1v) is 8.74. The van der Waals surface area contributed by atoms with Crippen LogP contribution in [0.5, 0.6) is 0 Å². The van der Waals surface area contributed by atoms with Crippen molar-refractivity contribution in [3.8, 4) is 0 Å². The highest BCUT2D eigenvalue weighted by Gasteiger charge is 2.39. The first-order valence-electron chi connectivity index (χ1n) is 7.34. The van der Waals surface area contributed by atoms with Gasteiger partial charge >= 0.3 is 5.97 Å². The van der Waals surface area contributed by atoms with Crippen molar-refractivity contribution in [3.05, 3.63) is 0 Å². The highest BCUT2D eigenvalue weighted by molar-refractivity contribution is 7.86. The molecule has 6 nitrogen and oxygen atoms in total. The predicted molar refractivity (Wildman–Crippen MR) is 77.6 cm³/mol. The Morgan fingerprint density at radius 3 is 2.55 bits per heavy atom. The van der Waals surface area contributed by atoms with Gasteiger partial charge in [0, 0.05) is 19.6 Å². The summed E-state index contributed by atoms with van der Waals surface area (Å²) in [5.41, 5.74) is 0. The third-order valence-corrected chi connectivity index (χ3v) is 6.02. The fourth-order valence-electron chi connectivity index (χ4n) is 2.44. The Labute approximate surface area is 121 Å². The van der Waals surface area contributed by atoms with Crippen LogP contribution >= 0.6 is 0 Å². The molecule has 0 bridgehead atoms. The molecule has 0 saturated carbocycles. The summed E-state index contributed by atoms with van der Waals surface area (Å²) in [4.78, 5) is 11.3. The van der Waals surface area contributed by atoms with E-state index in [4.69, 9.17) is 0 Å². The maximum atomic E-state index is 12.7. The molecule has 1 heterocycles. The molecule has 0 amide bonds. The van der Waals surface area contributed by atoms with Gasteiger partial charge in [-0.05, 0) is 25.2 Å². The third kappa shape index (κ3) is 3.93. The van der Waals surface area contributed by atoms with Gasteiger partial charge in [0.2, 0.25) is 0 Å². The maximum Gasteiger partial charge on any atom is 0.322 e. The van der Waals surface area contributed by atoms with Crippen LogP contribution in [0, 0.1) is 5.92 Å². The molecule has 1 rings (SSSR count). The second kappa shape index (κ2) is 7.38. The van der Waals surface area contributed by atoms with Crippen molar-refractivity contribution in [1.29, 1.82) is 0 Å². The molecule has 118 valence electrons. The molecular weight excluding hydrogens is 280 g/mol. The molecule has 1 aliphatic heterocycles. The number of hydrogen-bond acceptors (Lipinski definition) is 3. The molecule has 1 N–H and O–H groups in total. The summed E-state index contributed by atoms with van der Waals surface area (Å²) in [5, 5.41) is 9.23. The summed E-state index contributed by atoms with van der Waals surface area (Å²) < 4.78 is 27.9. The van der Waals surface area contributed by atoms with Crippen molar-refractivity contribution < 1.29 is 18.3 Å². The molecule has 0 spiro atoms. The lowest BCUT2D eigenvalue weighted by atomic mass is 10.1. The van der Waals surface area contributed by atoms with Crippen LogP contribution in [0.3, 0.4) is 0 Å². The van der Waals surface area contributed by atoms with Gasteiger partial charge in [-0.3, -0.25) is 4.79 Å². The van der Waals surface area contributed by atoms with Crippen molar-refractivity contribution in [2.75, 3.05) is 19.6 Å². The first-order chi connectivity index (χ1) is 9.34. The van der Waals surface area contributed by atoms with Gasteiger partial charge in [0.25, 0.3) is 10.2 Å². The van der Waals surface area contributed by atoms with Crippen LogP contribution in [0.25, 0.3) is 0 Å². The van der Waals surface area contributed by atoms with Gasteiger partial charge in [0.05, 0.1) is 0 Å². The van der Waals surface area contributed by atoms with Gasteiger partial charge in [-0.25, -0.2) is 0 Å². The zero-order chi connectivity index (χ0) is 15.3. The van der Waals surface area contributed by atoms with E-state index in [0.29, 0.717) is 26.1 Å². The van der Waals surface area contributed by atoms with Crippen molar-refractivity contribution in [2.45, 2.75) is 52.5 Å². The lowest BCUT2D eigenvalue weighted by molar-refractivity contribution is -0.142. The molecular formula is C13H26N2O4S. The van der Waals surface area contributed by atoms with E-state index in [0.717, 1.165) is 19.3 Å². The summed E-state index contributed by atoms with van der Waals surface area (Å²) in [6.45, 7) is 6.93. The number of nitrogens with zero attached hydrogens (tertiary/aromatic N) is 2. The molecule has 0 aromatic carbocycles. The van der Waals surface area contributed by atoms with Gasteiger partial charge in [-0.1, -0.05) is 27.2 Å². The van der Waals surface area contributed by atoms with E-state index < -0.39 is 22.2 Å². The molecule has 7 heteroatoms. The SMILES string of the molecule is CCC(C)CN(CC)S(=O)(=O)N1CCCCC1C(=O)O. The summed E-state index contributed by atoms with van der Waals surface area (Å²) in [6.07, 6.45) is 2.79. The van der Waals surface area contributed by atoms with Crippen LogP contribution in [-0.2, 0) is 15.0 Å². The monoisotopic (exact) mass is 306 g/mol. The number of carboxylic acids is 1. The van der Waals surface area contributed by atoms with E-state index in [2.05, 4.69) is 0 Å². The molecule has 0 aliphatic carbocycles. The topological polar surface area (TPSA) is 77.9 Å². The average Bonchev–Trinajstić information content (AvgIpc) is 2.44. The van der Waals surface area contributed by atoms with Crippen LogP contribution < -0.4 is 0 Å². The molecule has 2 atom stereocenters. The average molecular weight is 306 g/mol. The van der Waals surface area contributed by atoms with Crippen LogP contribution in [0.4, 0.5) is 0 Å². The number of rotatable bonds is 7. The Kier molecular flexibility index (Phi) is 6.42. The van der Waals surface area contributed by atoms with E-state index in [1.165, 1.54) is 8.61 Å². The molecule has 20 heavy (non-hydrogen) atoms. The van der Waals surface area contributed by atoms with E-state index in [9.17, 15) is 18.3 Å². The standard InChI is InChI=1S/C13H26N2O4S/c1-4-11(3)10-14(5-2)20(18,19)15-9-7-6-8-12(15)13(16)17/h11-12H,4-10H2,1-3H3,(H,16,17). The maximum absolute atomic E-state index is 12.7. The zero-order valence-electron chi connectivity index (χ0n) is 12.6. The number of hydrogen-bond donors (Lipinski definition) is 1. The number of piperidine rings is 1. The minimum Gasteiger partial charge on any atom is -0.480 e. The van der Waals surface area contributed by atoms with Crippen LogP contribution in [0.15, 0.2) is 0 Å². The lowest BCUT2D eigenvalue weighted by Gasteiger charge is -2.36. The molecule has 0 radical (unpaired) electrons. The van der Waals surface area contributed by atoms with Crippen molar-refractivity contribution in [2.24, 2.45) is 5.92 Å². The van der Waals surface area contributed by atoms with Gasteiger partial charge < -0.3 is 5.11 Å². The van der Waals surface area contributed by atoms with E-state index in [-0.39, 0.29) is 5.92 Å². The van der Waals surface area contributed by atoms with E-state index in [1.54, 1.807) is 6.92 Å². The van der Waals surface area contributed by atoms with Crippen LogP contribution in [-0.4, -0.2) is 53.8 Å². The van der Waals surface area contributed by atoms with E-state index >= 15 is 0 Å². The minimum atomic E-state index is -3.69. The largest absolute Gasteiger partial charge is 0.480 e.